The van der Waals surface area contributed by atoms with Crippen LogP contribution >= 0.6 is 0 Å². The minimum absolute atomic E-state index is 0.106. The molecule has 4 heteroatoms. The van der Waals surface area contributed by atoms with Crippen molar-refractivity contribution in [3.05, 3.63) is 29.3 Å². The van der Waals surface area contributed by atoms with E-state index in [4.69, 9.17) is 4.74 Å². The molecule has 1 aromatic carbocycles. The van der Waals surface area contributed by atoms with Crippen molar-refractivity contribution in [3.63, 3.8) is 0 Å². The van der Waals surface area contributed by atoms with E-state index in [0.717, 1.165) is 31.7 Å². The van der Waals surface area contributed by atoms with Crippen LogP contribution in [0.15, 0.2) is 18.2 Å². The molecular formula is C24H35NO3. The monoisotopic (exact) mass is 385 g/mol. The van der Waals surface area contributed by atoms with Gasteiger partial charge >= 0.3 is 5.97 Å². The zero-order valence-corrected chi connectivity index (χ0v) is 17.8. The Morgan fingerprint density at radius 3 is 2.71 bits per heavy atom. The number of benzene rings is 1. The zero-order chi connectivity index (χ0) is 20.1. The molecule has 1 aromatic rings. The smallest absolute Gasteiger partial charge is 0.340 e. The van der Waals surface area contributed by atoms with Crippen LogP contribution < -0.4 is 4.74 Å². The third-order valence-corrected chi connectivity index (χ3v) is 8.22. The molecule has 4 nitrogen and oxygen atoms in total. The van der Waals surface area contributed by atoms with Crippen molar-refractivity contribution in [2.24, 2.45) is 11.3 Å². The second-order valence-electron chi connectivity index (χ2n) is 9.84. The van der Waals surface area contributed by atoms with E-state index in [2.05, 4.69) is 37.8 Å². The summed E-state index contributed by atoms with van der Waals surface area (Å²) in [7, 11) is 0. The summed E-state index contributed by atoms with van der Waals surface area (Å²) in [6, 6.07) is 6.70. The van der Waals surface area contributed by atoms with Crippen LogP contribution in [0.25, 0.3) is 0 Å². The number of piperidine rings is 1. The highest BCUT2D eigenvalue weighted by Crippen LogP contribution is 2.58. The van der Waals surface area contributed by atoms with Crippen LogP contribution in [0.4, 0.5) is 0 Å². The molecule has 1 saturated carbocycles. The molecule has 1 heterocycles. The van der Waals surface area contributed by atoms with Gasteiger partial charge in [0.25, 0.3) is 0 Å². The van der Waals surface area contributed by atoms with E-state index in [0.29, 0.717) is 11.8 Å². The predicted molar refractivity (Wildman–Crippen MR) is 111 cm³/mol. The van der Waals surface area contributed by atoms with Crippen molar-refractivity contribution in [1.82, 2.24) is 4.90 Å². The number of hydrogen-bond donors (Lipinski definition) is 1. The van der Waals surface area contributed by atoms with E-state index in [1.807, 2.05) is 6.07 Å². The maximum atomic E-state index is 11.9. The number of aliphatic hydroxyl groups excluding tert-OH is 1. The average Bonchev–Trinajstić information content (AvgIpc) is 2.60. The Labute approximate surface area is 169 Å². The summed E-state index contributed by atoms with van der Waals surface area (Å²) in [5.41, 5.74) is 3.04. The maximum Gasteiger partial charge on any atom is 0.340 e. The Morgan fingerprint density at radius 1 is 1.36 bits per heavy atom. The number of nitrogens with zero attached hydrogens (tertiary/aromatic N) is 1. The van der Waals surface area contributed by atoms with Gasteiger partial charge in [0.1, 0.15) is 11.9 Å². The molecule has 1 aliphatic heterocycles. The number of fused-ring (bicyclic) bond motifs is 4. The Balaban J connectivity index is 1.69. The van der Waals surface area contributed by atoms with E-state index in [9.17, 15) is 9.90 Å². The summed E-state index contributed by atoms with van der Waals surface area (Å²) in [5.74, 6) is 0.867. The predicted octanol–water partition coefficient (Wildman–Crippen LogP) is 4.08. The lowest BCUT2D eigenvalue weighted by molar-refractivity contribution is -0.142. The third-order valence-electron chi connectivity index (χ3n) is 8.22. The molecule has 154 valence electrons. The van der Waals surface area contributed by atoms with Crippen molar-refractivity contribution in [2.75, 3.05) is 13.1 Å². The first-order valence-corrected chi connectivity index (χ1v) is 11.1. The standard InChI is InChI=1S/C24H35NO3/c1-5-24-11-12-25(15-17-7-6-8-17)21(23(24,3)4)13-18-9-10-19(14-20(18)24)28-22(27)16(2)26/h9-10,14,16-17,21,26H,5-8,11-13,15H2,1-4H3. The number of carbonyl (C=O) groups excluding carboxylic acids is 1. The fourth-order valence-electron chi connectivity index (χ4n) is 6.15. The van der Waals surface area contributed by atoms with Crippen LogP contribution in [-0.2, 0) is 16.6 Å². The summed E-state index contributed by atoms with van der Waals surface area (Å²) in [5, 5.41) is 9.49. The second kappa shape index (κ2) is 7.14. The number of ether oxygens (including phenoxy) is 1. The molecule has 2 aliphatic carbocycles. The van der Waals surface area contributed by atoms with Crippen LogP contribution in [0, 0.1) is 11.3 Å². The molecule has 0 radical (unpaired) electrons. The van der Waals surface area contributed by atoms with Gasteiger partial charge in [0, 0.05) is 18.0 Å². The van der Waals surface area contributed by atoms with Crippen LogP contribution in [0.2, 0.25) is 0 Å². The first-order chi connectivity index (χ1) is 13.3. The summed E-state index contributed by atoms with van der Waals surface area (Å²) in [6.45, 7) is 11.1. The van der Waals surface area contributed by atoms with Gasteiger partial charge in [0.2, 0.25) is 0 Å². The Kier molecular flexibility index (Phi) is 5.08. The van der Waals surface area contributed by atoms with E-state index in [1.165, 1.54) is 43.9 Å². The van der Waals surface area contributed by atoms with Crippen molar-refractivity contribution in [1.29, 1.82) is 0 Å². The van der Waals surface area contributed by atoms with Gasteiger partial charge in [-0.3, -0.25) is 4.90 Å². The van der Waals surface area contributed by atoms with Gasteiger partial charge in [-0.05, 0) is 80.2 Å². The minimum atomic E-state index is -1.10. The summed E-state index contributed by atoms with van der Waals surface area (Å²) in [4.78, 5) is 14.7. The van der Waals surface area contributed by atoms with Crippen molar-refractivity contribution in [3.8, 4) is 5.75 Å². The fraction of sp³-hybridized carbons (Fsp3) is 0.708. The van der Waals surface area contributed by atoms with Crippen LogP contribution in [0.1, 0.15) is 70.9 Å². The topological polar surface area (TPSA) is 49.8 Å². The van der Waals surface area contributed by atoms with E-state index in [-0.39, 0.29) is 10.8 Å². The molecule has 1 N–H and O–H groups in total. The lowest BCUT2D eigenvalue weighted by Gasteiger charge is -2.62. The van der Waals surface area contributed by atoms with Gasteiger partial charge in [0.15, 0.2) is 0 Å². The van der Waals surface area contributed by atoms with Crippen molar-refractivity contribution < 1.29 is 14.6 Å². The fourth-order valence-corrected chi connectivity index (χ4v) is 6.15. The summed E-state index contributed by atoms with van der Waals surface area (Å²) < 4.78 is 5.43. The largest absolute Gasteiger partial charge is 0.425 e. The average molecular weight is 386 g/mol. The number of esters is 1. The van der Waals surface area contributed by atoms with Crippen molar-refractivity contribution in [2.45, 2.75) is 83.8 Å². The van der Waals surface area contributed by atoms with Gasteiger partial charge in [-0.25, -0.2) is 4.79 Å². The second-order valence-corrected chi connectivity index (χ2v) is 9.84. The molecule has 3 unspecified atom stereocenters. The third kappa shape index (κ3) is 3.00. The lowest BCUT2D eigenvalue weighted by atomic mass is 9.49. The molecule has 3 atom stereocenters. The highest BCUT2D eigenvalue weighted by atomic mass is 16.5. The number of carbonyl (C=O) groups is 1. The van der Waals surface area contributed by atoms with Gasteiger partial charge in [0.05, 0.1) is 0 Å². The molecule has 0 aromatic heterocycles. The molecule has 0 amide bonds. The molecule has 1 saturated heterocycles. The SMILES string of the molecule is CCC12CCN(CC3CCC3)C(Cc3ccc(OC(=O)C(C)O)cc31)C2(C)C. The molecule has 2 bridgehead atoms. The maximum absolute atomic E-state index is 11.9. The Hall–Kier alpha value is -1.39. The van der Waals surface area contributed by atoms with Crippen LogP contribution in [-0.4, -0.2) is 41.2 Å². The van der Waals surface area contributed by atoms with Crippen molar-refractivity contribution >= 4 is 5.97 Å². The highest BCUT2D eigenvalue weighted by Gasteiger charge is 2.57. The molecule has 28 heavy (non-hydrogen) atoms. The van der Waals surface area contributed by atoms with E-state index >= 15 is 0 Å². The normalized spacial score (nSPS) is 30.2. The van der Waals surface area contributed by atoms with Crippen LogP contribution in [0.5, 0.6) is 5.75 Å². The number of aliphatic hydroxyl groups is 1. The molecule has 3 aliphatic rings. The first kappa shape index (κ1) is 19.9. The van der Waals surface area contributed by atoms with Gasteiger partial charge in [-0.1, -0.05) is 33.3 Å². The highest BCUT2D eigenvalue weighted by molar-refractivity contribution is 5.76. The van der Waals surface area contributed by atoms with Gasteiger partial charge in [-0.2, -0.15) is 0 Å². The number of likely N-dealkylation sites (tertiary alicyclic amines) is 1. The lowest BCUT2D eigenvalue weighted by Crippen LogP contribution is -2.65. The summed E-state index contributed by atoms with van der Waals surface area (Å²) >= 11 is 0. The number of rotatable bonds is 5. The van der Waals surface area contributed by atoms with Gasteiger partial charge < -0.3 is 9.84 Å². The molecule has 2 fully saturated rings. The van der Waals surface area contributed by atoms with E-state index < -0.39 is 12.1 Å². The molecular weight excluding hydrogens is 350 g/mol. The van der Waals surface area contributed by atoms with Gasteiger partial charge in [-0.15, -0.1) is 0 Å². The number of hydrogen-bond acceptors (Lipinski definition) is 4. The Morgan fingerprint density at radius 2 is 2.11 bits per heavy atom. The quantitative estimate of drug-likeness (QED) is 0.613. The Bertz CT molecular complexity index is 752. The molecule has 0 spiro atoms. The first-order valence-electron chi connectivity index (χ1n) is 11.1. The van der Waals surface area contributed by atoms with E-state index in [1.54, 1.807) is 0 Å². The minimum Gasteiger partial charge on any atom is -0.425 e. The summed E-state index contributed by atoms with van der Waals surface area (Å²) in [6.07, 6.45) is 6.42. The molecule has 4 rings (SSSR count). The van der Waals surface area contributed by atoms with Crippen LogP contribution in [0.3, 0.4) is 0 Å². The zero-order valence-electron chi connectivity index (χ0n) is 17.8.